The van der Waals surface area contributed by atoms with Gasteiger partial charge in [-0.25, -0.2) is 24.4 Å². The van der Waals surface area contributed by atoms with E-state index in [4.69, 9.17) is 9.15 Å². The number of oxazole rings is 1. The third-order valence-electron chi connectivity index (χ3n) is 4.19. The predicted octanol–water partition coefficient (Wildman–Crippen LogP) is 2.19. The summed E-state index contributed by atoms with van der Waals surface area (Å²) < 4.78 is 12.6. The summed E-state index contributed by atoms with van der Waals surface area (Å²) in [5.41, 5.74) is 1.47. The molecule has 0 bridgehead atoms. The van der Waals surface area contributed by atoms with Crippen LogP contribution in [0.1, 0.15) is 11.3 Å². The van der Waals surface area contributed by atoms with Crippen molar-refractivity contribution in [1.29, 1.82) is 0 Å². The summed E-state index contributed by atoms with van der Waals surface area (Å²) in [6, 6.07) is 17.1. The van der Waals surface area contributed by atoms with Crippen molar-refractivity contribution < 1.29 is 9.15 Å². The van der Waals surface area contributed by atoms with E-state index >= 15 is 0 Å². The number of hydrogen-bond donors (Lipinski definition) is 2. The number of nitrogens with zero attached hydrogens (tertiary/aromatic N) is 2. The number of rotatable bonds is 7. The second kappa shape index (κ2) is 7.83. The Balaban J connectivity index is 1.41. The summed E-state index contributed by atoms with van der Waals surface area (Å²) >= 11 is 0. The van der Waals surface area contributed by atoms with Crippen molar-refractivity contribution in [3.8, 4) is 17.2 Å². The highest BCUT2D eigenvalue weighted by atomic mass is 16.5. The summed E-state index contributed by atoms with van der Waals surface area (Å²) in [5.74, 6) is 1.22. The molecule has 142 valence electrons. The summed E-state index contributed by atoms with van der Waals surface area (Å²) in [6.07, 6.45) is 2.20. The van der Waals surface area contributed by atoms with Crippen LogP contribution in [-0.2, 0) is 13.0 Å². The smallest absolute Gasteiger partial charge is 0.344 e. The Kier molecular flexibility index (Phi) is 4.92. The van der Waals surface area contributed by atoms with Crippen LogP contribution in [0.25, 0.3) is 11.5 Å². The zero-order valence-corrected chi connectivity index (χ0v) is 14.9. The molecule has 0 fully saturated rings. The van der Waals surface area contributed by atoms with Crippen LogP contribution >= 0.6 is 0 Å². The Morgan fingerprint density at radius 1 is 1.04 bits per heavy atom. The van der Waals surface area contributed by atoms with Gasteiger partial charge in [0, 0.05) is 17.5 Å². The van der Waals surface area contributed by atoms with Crippen LogP contribution < -0.4 is 16.1 Å². The molecule has 2 heterocycles. The fourth-order valence-corrected chi connectivity index (χ4v) is 2.82. The molecule has 0 aliphatic heterocycles. The average molecular weight is 378 g/mol. The molecule has 0 saturated carbocycles. The van der Waals surface area contributed by atoms with Gasteiger partial charge in [0.15, 0.2) is 0 Å². The van der Waals surface area contributed by atoms with E-state index in [1.165, 1.54) is 4.68 Å². The molecule has 2 aromatic heterocycles. The average Bonchev–Trinajstić information content (AvgIpc) is 3.30. The summed E-state index contributed by atoms with van der Waals surface area (Å²) in [7, 11) is 0. The zero-order chi connectivity index (χ0) is 19.3. The quantitative estimate of drug-likeness (QED) is 0.513. The van der Waals surface area contributed by atoms with Crippen molar-refractivity contribution in [3.05, 3.63) is 93.1 Å². The summed E-state index contributed by atoms with van der Waals surface area (Å²) in [4.78, 5) is 29.6. The summed E-state index contributed by atoms with van der Waals surface area (Å²) in [6.45, 7) is 0.603. The fraction of sp³-hybridized carbons (Fsp3) is 0.150. The molecule has 0 unspecified atom stereocenters. The molecule has 2 N–H and O–H groups in total. The molecule has 8 nitrogen and oxygen atoms in total. The van der Waals surface area contributed by atoms with Crippen molar-refractivity contribution in [2.75, 3.05) is 6.61 Å². The van der Waals surface area contributed by atoms with E-state index < -0.39 is 11.4 Å². The minimum Gasteiger partial charge on any atom is -0.493 e. The number of H-pyrrole nitrogens is 2. The number of nitrogens with one attached hydrogen (secondary N) is 2. The number of hydrogen-bond acceptors (Lipinski definition) is 5. The lowest BCUT2D eigenvalue weighted by molar-refractivity contribution is 0.316. The Hall–Kier alpha value is -3.81. The molecule has 4 aromatic rings. The van der Waals surface area contributed by atoms with Gasteiger partial charge in [0.2, 0.25) is 5.89 Å². The van der Waals surface area contributed by atoms with E-state index in [1.807, 2.05) is 54.6 Å². The molecule has 0 atom stereocenters. The van der Waals surface area contributed by atoms with E-state index in [-0.39, 0.29) is 6.54 Å². The molecular formula is C20H18N4O4. The van der Waals surface area contributed by atoms with Gasteiger partial charge >= 0.3 is 11.4 Å². The molecule has 0 spiro atoms. The summed E-state index contributed by atoms with van der Waals surface area (Å²) in [5, 5.41) is 2.44. The van der Waals surface area contributed by atoms with Crippen LogP contribution in [0.5, 0.6) is 5.75 Å². The molecule has 28 heavy (non-hydrogen) atoms. The van der Waals surface area contributed by atoms with E-state index in [9.17, 15) is 9.59 Å². The van der Waals surface area contributed by atoms with Crippen molar-refractivity contribution in [2.24, 2.45) is 0 Å². The van der Waals surface area contributed by atoms with E-state index in [1.54, 1.807) is 6.26 Å². The van der Waals surface area contributed by atoms with Gasteiger partial charge in [0.1, 0.15) is 12.0 Å². The lowest BCUT2D eigenvalue weighted by atomic mass is 10.2. The SMILES string of the molecule is O=c1[nH]c(=O)n(Cc2ccccc2OCCc2coc(-c3ccccc3)n2)[nH]1. The first-order valence-corrected chi connectivity index (χ1v) is 8.79. The number of para-hydroxylation sites is 1. The molecule has 0 radical (unpaired) electrons. The highest BCUT2D eigenvalue weighted by Gasteiger charge is 2.09. The maximum Gasteiger partial charge on any atom is 0.344 e. The molecule has 0 amide bonds. The van der Waals surface area contributed by atoms with Crippen molar-refractivity contribution in [1.82, 2.24) is 19.7 Å². The Morgan fingerprint density at radius 2 is 1.82 bits per heavy atom. The first-order valence-electron chi connectivity index (χ1n) is 8.79. The van der Waals surface area contributed by atoms with Crippen molar-refractivity contribution in [3.63, 3.8) is 0 Å². The Morgan fingerprint density at radius 3 is 2.61 bits per heavy atom. The first kappa shape index (κ1) is 17.6. The van der Waals surface area contributed by atoms with Gasteiger partial charge in [-0.1, -0.05) is 36.4 Å². The number of ether oxygens (including phenoxy) is 1. The third kappa shape index (κ3) is 3.96. The largest absolute Gasteiger partial charge is 0.493 e. The van der Waals surface area contributed by atoms with Gasteiger partial charge in [-0.05, 0) is 18.2 Å². The van der Waals surface area contributed by atoms with Gasteiger partial charge in [0.05, 0.1) is 18.8 Å². The number of aromatic amines is 2. The molecule has 0 saturated heterocycles. The van der Waals surface area contributed by atoms with Crippen LogP contribution in [0, 0.1) is 0 Å². The monoisotopic (exact) mass is 378 g/mol. The second-order valence-corrected chi connectivity index (χ2v) is 6.17. The lowest BCUT2D eigenvalue weighted by Gasteiger charge is -2.10. The standard InChI is InChI=1S/C20H18N4O4/c25-19-22-20(26)24(23-19)12-15-8-4-5-9-17(15)27-11-10-16-13-28-18(21-16)14-6-2-1-3-7-14/h1-9,13H,10-12H2,(H2,22,23,25,26). The van der Waals surface area contributed by atoms with Crippen LogP contribution in [0.2, 0.25) is 0 Å². The second-order valence-electron chi connectivity index (χ2n) is 6.17. The molecule has 2 aromatic carbocycles. The number of benzene rings is 2. The van der Waals surface area contributed by atoms with Gasteiger partial charge in [-0.3, -0.25) is 4.98 Å². The minimum absolute atomic E-state index is 0.204. The maximum atomic E-state index is 11.7. The van der Waals surface area contributed by atoms with E-state index in [0.29, 0.717) is 24.7 Å². The van der Waals surface area contributed by atoms with Gasteiger partial charge in [0.25, 0.3) is 0 Å². The highest BCUT2D eigenvalue weighted by Crippen LogP contribution is 2.20. The van der Waals surface area contributed by atoms with E-state index in [2.05, 4.69) is 15.1 Å². The van der Waals surface area contributed by atoms with Crippen molar-refractivity contribution >= 4 is 0 Å². The first-order chi connectivity index (χ1) is 13.7. The zero-order valence-electron chi connectivity index (χ0n) is 14.9. The molecule has 8 heteroatoms. The van der Waals surface area contributed by atoms with Crippen LogP contribution in [0.4, 0.5) is 0 Å². The molecule has 4 rings (SSSR count). The van der Waals surface area contributed by atoms with Crippen LogP contribution in [0.3, 0.4) is 0 Å². The maximum absolute atomic E-state index is 11.7. The number of aromatic nitrogens is 4. The highest BCUT2D eigenvalue weighted by molar-refractivity contribution is 5.52. The van der Waals surface area contributed by atoms with Crippen molar-refractivity contribution in [2.45, 2.75) is 13.0 Å². The topological polar surface area (TPSA) is 106 Å². The fourth-order valence-electron chi connectivity index (χ4n) is 2.82. The lowest BCUT2D eigenvalue weighted by Crippen LogP contribution is -2.19. The van der Waals surface area contributed by atoms with Gasteiger partial charge < -0.3 is 9.15 Å². The van der Waals surface area contributed by atoms with Gasteiger partial charge in [-0.2, -0.15) is 0 Å². The van der Waals surface area contributed by atoms with Crippen LogP contribution in [0.15, 0.2) is 74.9 Å². The van der Waals surface area contributed by atoms with Gasteiger partial charge in [-0.15, -0.1) is 0 Å². The Bertz CT molecular complexity index is 1170. The third-order valence-corrected chi connectivity index (χ3v) is 4.19. The Labute approximate surface area is 159 Å². The normalized spacial score (nSPS) is 10.9. The minimum atomic E-state index is -0.538. The molecule has 0 aliphatic carbocycles. The van der Waals surface area contributed by atoms with Crippen LogP contribution in [-0.4, -0.2) is 26.4 Å². The molecular weight excluding hydrogens is 360 g/mol. The molecule has 0 aliphatic rings. The predicted molar refractivity (Wildman–Crippen MR) is 102 cm³/mol. The van der Waals surface area contributed by atoms with E-state index in [0.717, 1.165) is 16.8 Å².